The summed E-state index contributed by atoms with van der Waals surface area (Å²) in [4.78, 5) is 62.1. The molecule has 11 nitrogen and oxygen atoms in total. The molecule has 0 saturated carbocycles. The Labute approximate surface area is 292 Å². The van der Waals surface area contributed by atoms with Crippen LogP contribution in [0.4, 0.5) is 5.69 Å². The Morgan fingerprint density at radius 2 is 1.64 bits per heavy atom. The van der Waals surface area contributed by atoms with Crippen LogP contribution in [0.2, 0.25) is 0 Å². The summed E-state index contributed by atoms with van der Waals surface area (Å²) in [6, 6.07) is 22.5. The molecule has 1 N–H and O–H groups in total. The van der Waals surface area contributed by atoms with Gasteiger partial charge in [0, 0.05) is 55.8 Å². The maximum atomic E-state index is 13.0. The van der Waals surface area contributed by atoms with Crippen LogP contribution in [0.5, 0.6) is 5.75 Å². The van der Waals surface area contributed by atoms with E-state index in [0.29, 0.717) is 19.0 Å². The van der Waals surface area contributed by atoms with Gasteiger partial charge < -0.3 is 14.4 Å². The first-order chi connectivity index (χ1) is 24.2. The largest absolute Gasteiger partial charge is 0.491 e. The monoisotopic (exact) mass is 689 g/mol. The van der Waals surface area contributed by atoms with E-state index in [9.17, 15) is 19.2 Å². The quantitative estimate of drug-likeness (QED) is 0.133. The van der Waals surface area contributed by atoms with Gasteiger partial charge in [0.1, 0.15) is 23.4 Å². The number of thiazole rings is 1. The van der Waals surface area contributed by atoms with Crippen LogP contribution in [0.3, 0.4) is 0 Å². The van der Waals surface area contributed by atoms with E-state index < -0.39 is 29.7 Å². The molecule has 1 fully saturated rings. The molecule has 2 aliphatic heterocycles. The molecule has 0 radical (unpaired) electrons. The van der Waals surface area contributed by atoms with Crippen LogP contribution in [0, 0.1) is 0 Å². The van der Waals surface area contributed by atoms with Crippen molar-refractivity contribution in [3.05, 3.63) is 95.8 Å². The number of rotatable bonds is 12. The van der Waals surface area contributed by atoms with Gasteiger partial charge in [0.25, 0.3) is 11.8 Å². The predicted molar refractivity (Wildman–Crippen MR) is 190 cm³/mol. The van der Waals surface area contributed by atoms with Gasteiger partial charge in [0.05, 0.1) is 28.0 Å². The molecule has 1 saturated heterocycles. The van der Waals surface area contributed by atoms with Crippen LogP contribution in [-0.2, 0) is 20.7 Å². The fourth-order valence-electron chi connectivity index (χ4n) is 6.08. The molecule has 12 heteroatoms. The smallest absolute Gasteiger partial charge is 0.262 e. The number of hydrogen-bond donors (Lipinski definition) is 1. The molecule has 5 aromatic rings. The third-order valence-corrected chi connectivity index (χ3v) is 9.87. The van der Waals surface area contributed by atoms with Gasteiger partial charge >= 0.3 is 0 Å². The molecule has 0 spiro atoms. The van der Waals surface area contributed by atoms with E-state index in [1.807, 2.05) is 26.4 Å². The number of benzene rings is 3. The highest BCUT2D eigenvalue weighted by Gasteiger charge is 2.44. The van der Waals surface area contributed by atoms with Crippen molar-refractivity contribution in [2.75, 3.05) is 38.8 Å². The van der Waals surface area contributed by atoms with Gasteiger partial charge in [-0.25, -0.2) is 4.98 Å². The van der Waals surface area contributed by atoms with Crippen molar-refractivity contribution >= 4 is 50.9 Å². The fourth-order valence-corrected chi connectivity index (χ4v) is 7.08. The highest BCUT2D eigenvalue weighted by molar-refractivity contribution is 7.21. The lowest BCUT2D eigenvalue weighted by molar-refractivity contribution is -0.136. The Morgan fingerprint density at radius 3 is 2.40 bits per heavy atom. The molecule has 50 heavy (non-hydrogen) atoms. The average molecular weight is 690 g/mol. The van der Waals surface area contributed by atoms with E-state index in [2.05, 4.69) is 63.7 Å². The number of aryl methyl sites for hydroxylation is 1. The third kappa shape index (κ3) is 6.85. The highest BCUT2D eigenvalue weighted by atomic mass is 32.1. The van der Waals surface area contributed by atoms with Crippen LogP contribution < -0.4 is 15.0 Å². The summed E-state index contributed by atoms with van der Waals surface area (Å²) >= 11 is 1.70. The van der Waals surface area contributed by atoms with Crippen molar-refractivity contribution in [2.24, 2.45) is 0 Å². The van der Waals surface area contributed by atoms with Gasteiger partial charge in [-0.1, -0.05) is 30.3 Å². The molecule has 3 aromatic carbocycles. The van der Waals surface area contributed by atoms with Gasteiger partial charge in [-0.05, 0) is 67.3 Å². The summed E-state index contributed by atoms with van der Waals surface area (Å²) < 4.78 is 12.7. The minimum absolute atomic E-state index is 0.0716. The number of anilines is 1. The first kappa shape index (κ1) is 33.1. The Bertz CT molecular complexity index is 2090. The fraction of sp³-hybridized carbons (Fsp3) is 0.263. The molecular formula is C38H35N5O6S. The predicted octanol–water partition coefficient (Wildman–Crippen LogP) is 5.52. The van der Waals surface area contributed by atoms with Crippen molar-refractivity contribution in [3.63, 3.8) is 0 Å². The van der Waals surface area contributed by atoms with E-state index in [4.69, 9.17) is 14.5 Å². The molecule has 254 valence electrons. The van der Waals surface area contributed by atoms with Gasteiger partial charge in [-0.3, -0.25) is 34.4 Å². The second-order valence-electron chi connectivity index (χ2n) is 12.4. The third-order valence-electron chi connectivity index (χ3n) is 8.81. The Hall–Kier alpha value is -5.46. The van der Waals surface area contributed by atoms with Crippen LogP contribution in [0.1, 0.15) is 45.7 Å². The zero-order chi connectivity index (χ0) is 34.8. The van der Waals surface area contributed by atoms with Crippen molar-refractivity contribution in [1.29, 1.82) is 0 Å². The number of aromatic nitrogens is 2. The van der Waals surface area contributed by atoms with Crippen molar-refractivity contribution in [1.82, 2.24) is 20.2 Å². The van der Waals surface area contributed by atoms with Crippen LogP contribution in [0.15, 0.2) is 79.0 Å². The first-order valence-electron chi connectivity index (χ1n) is 16.4. The van der Waals surface area contributed by atoms with E-state index in [1.54, 1.807) is 17.4 Å². The number of carbonyl (C=O) groups excluding carboxylic acids is 4. The normalized spacial score (nSPS) is 15.8. The second kappa shape index (κ2) is 14.2. The first-order valence-corrected chi connectivity index (χ1v) is 17.3. The van der Waals surface area contributed by atoms with Gasteiger partial charge in [0.15, 0.2) is 0 Å². The molecule has 2 aromatic heterocycles. The number of amides is 4. The number of nitrogens with one attached hydrogen (secondary N) is 1. The maximum Gasteiger partial charge on any atom is 0.262 e. The zero-order valence-corrected chi connectivity index (χ0v) is 28.5. The van der Waals surface area contributed by atoms with E-state index in [-0.39, 0.29) is 30.6 Å². The summed E-state index contributed by atoms with van der Waals surface area (Å²) in [6.45, 7) is 1.15. The van der Waals surface area contributed by atoms with Crippen molar-refractivity contribution < 1.29 is 28.7 Å². The molecule has 0 aliphatic carbocycles. The number of hydrogen-bond acceptors (Lipinski definition) is 10. The summed E-state index contributed by atoms with van der Waals surface area (Å²) in [5.74, 6) is -1.74. The molecule has 0 bridgehead atoms. The summed E-state index contributed by atoms with van der Waals surface area (Å²) in [5.41, 5.74) is 6.78. The number of fused-ring (bicyclic) bond motifs is 2. The number of pyridine rings is 1. The van der Waals surface area contributed by atoms with E-state index in [1.165, 1.54) is 16.8 Å². The number of piperidine rings is 1. The minimum atomic E-state index is -1.00. The van der Waals surface area contributed by atoms with Crippen LogP contribution in [-0.4, -0.2) is 78.5 Å². The summed E-state index contributed by atoms with van der Waals surface area (Å²) in [5, 5.41) is 3.20. The lowest BCUT2D eigenvalue weighted by Gasteiger charge is -2.27. The van der Waals surface area contributed by atoms with Gasteiger partial charge in [0.2, 0.25) is 11.8 Å². The van der Waals surface area contributed by atoms with Crippen molar-refractivity contribution in [3.8, 4) is 27.4 Å². The Kier molecular flexibility index (Phi) is 9.38. The summed E-state index contributed by atoms with van der Waals surface area (Å²) in [6.07, 6.45) is 3.65. The molecular weight excluding hydrogens is 655 g/mol. The topological polar surface area (TPSA) is 131 Å². The average Bonchev–Trinajstić information content (AvgIpc) is 3.66. The minimum Gasteiger partial charge on any atom is -0.491 e. The van der Waals surface area contributed by atoms with E-state index >= 15 is 0 Å². The molecule has 7 rings (SSSR count). The lowest BCUT2D eigenvalue weighted by Crippen LogP contribution is -2.54. The molecule has 1 unspecified atom stereocenters. The van der Waals surface area contributed by atoms with Crippen molar-refractivity contribution in [2.45, 2.75) is 31.7 Å². The Morgan fingerprint density at radius 1 is 0.860 bits per heavy atom. The number of carbonyl (C=O) groups is 4. The van der Waals surface area contributed by atoms with Gasteiger partial charge in [-0.15, -0.1) is 11.3 Å². The second-order valence-corrected chi connectivity index (χ2v) is 13.4. The SMILES string of the molecule is CN(C)c1ccc2nc(-c3ccc(-c4ccc(CCCOCCOc5ccc6c(c5)C(=O)N(C5CCC(=O)NC5=O)C6=O)nc4)cc3)sc2c1. The molecule has 4 amide bonds. The maximum absolute atomic E-state index is 13.0. The lowest BCUT2D eigenvalue weighted by atomic mass is 10.0. The van der Waals surface area contributed by atoms with E-state index in [0.717, 1.165) is 56.3 Å². The standard InChI is InChI=1S/C38H35N5O6S/c1-42(2)27-11-14-31-33(20-27)50-36(40-31)24-7-5-23(6-8-24)25-9-10-26(39-22-25)4-3-17-48-18-19-49-28-12-13-29-30(21-28)38(47)43(37(29)46)32-15-16-34(44)41-35(32)45/h5-14,20-22,32H,3-4,15-19H2,1-2H3,(H,41,44,45). The zero-order valence-electron chi connectivity index (χ0n) is 27.7. The number of nitrogens with zero attached hydrogens (tertiary/aromatic N) is 4. The number of imide groups is 2. The molecule has 1 atom stereocenters. The highest BCUT2D eigenvalue weighted by Crippen LogP contribution is 2.34. The van der Waals surface area contributed by atoms with Crippen LogP contribution in [0.25, 0.3) is 31.9 Å². The van der Waals surface area contributed by atoms with Crippen LogP contribution >= 0.6 is 11.3 Å². The molecule has 2 aliphatic rings. The Balaban J connectivity index is 0.843. The molecule has 4 heterocycles. The summed E-state index contributed by atoms with van der Waals surface area (Å²) in [7, 11) is 4.08. The van der Waals surface area contributed by atoms with Gasteiger partial charge in [-0.2, -0.15) is 0 Å². The number of ether oxygens (including phenoxy) is 2.